The normalized spacial score (nSPS) is 10.2. The molecule has 0 saturated carbocycles. The average molecular weight is 434 g/mol. The molecule has 3 rings (SSSR count). The number of carbonyl (C=O) groups is 2. The second-order valence-corrected chi connectivity index (χ2v) is 6.89. The van der Waals surface area contributed by atoms with Crippen LogP contribution in [0.4, 0.5) is 5.69 Å². The highest BCUT2D eigenvalue weighted by molar-refractivity contribution is 6.11. The zero-order valence-electron chi connectivity index (χ0n) is 18.3. The molecule has 0 aromatic heterocycles. The van der Waals surface area contributed by atoms with E-state index in [0.29, 0.717) is 41.3 Å². The lowest BCUT2D eigenvalue weighted by Gasteiger charge is -2.16. The fourth-order valence-electron chi connectivity index (χ4n) is 3.25. The van der Waals surface area contributed by atoms with Gasteiger partial charge in [-0.25, -0.2) is 0 Å². The third-order valence-electron chi connectivity index (χ3n) is 4.92. The fraction of sp³-hybridized carbons (Fsp3) is 0.200. The first-order valence-electron chi connectivity index (χ1n) is 10.1. The highest BCUT2D eigenvalue weighted by atomic mass is 16.5. The van der Waals surface area contributed by atoms with E-state index in [4.69, 9.17) is 14.2 Å². The molecular formula is C25H26N2O5. The largest absolute Gasteiger partial charge is 0.497 e. The van der Waals surface area contributed by atoms with Crippen molar-refractivity contribution in [2.24, 2.45) is 0 Å². The van der Waals surface area contributed by atoms with Crippen molar-refractivity contribution in [3.05, 3.63) is 83.4 Å². The molecule has 166 valence electrons. The van der Waals surface area contributed by atoms with E-state index in [0.717, 1.165) is 5.56 Å². The minimum Gasteiger partial charge on any atom is -0.497 e. The standard InChI is InChI=1S/C25H26N2O5/c1-30-18-12-13-19(22(16-18)32-3)25(29)27-23-20(10-7-11-21(23)31-2)24(28)26-15-14-17-8-5-4-6-9-17/h4-13,16H,14-15H2,1-3H3,(H,26,28)(H,27,29). The van der Waals surface area contributed by atoms with Crippen LogP contribution in [0.15, 0.2) is 66.7 Å². The highest BCUT2D eigenvalue weighted by Gasteiger charge is 2.20. The van der Waals surface area contributed by atoms with Crippen LogP contribution < -0.4 is 24.8 Å². The lowest BCUT2D eigenvalue weighted by Crippen LogP contribution is -2.27. The lowest BCUT2D eigenvalue weighted by molar-refractivity contribution is 0.0954. The van der Waals surface area contributed by atoms with E-state index in [2.05, 4.69) is 10.6 Å². The van der Waals surface area contributed by atoms with Crippen LogP contribution >= 0.6 is 0 Å². The van der Waals surface area contributed by atoms with Crippen LogP contribution in [0.1, 0.15) is 26.3 Å². The number of hydrogen-bond acceptors (Lipinski definition) is 5. The molecule has 0 aliphatic carbocycles. The molecule has 3 aromatic carbocycles. The number of carbonyl (C=O) groups excluding carboxylic acids is 2. The van der Waals surface area contributed by atoms with Gasteiger partial charge < -0.3 is 24.8 Å². The molecule has 7 nitrogen and oxygen atoms in total. The Bertz CT molecular complexity index is 1080. The van der Waals surface area contributed by atoms with E-state index < -0.39 is 5.91 Å². The van der Waals surface area contributed by atoms with Crippen LogP contribution in [-0.4, -0.2) is 39.7 Å². The smallest absolute Gasteiger partial charge is 0.259 e. The maximum Gasteiger partial charge on any atom is 0.259 e. The number of methoxy groups -OCH3 is 3. The molecule has 0 atom stereocenters. The molecule has 0 aliphatic rings. The number of nitrogens with one attached hydrogen (secondary N) is 2. The van der Waals surface area contributed by atoms with Crippen molar-refractivity contribution >= 4 is 17.5 Å². The molecule has 0 saturated heterocycles. The van der Waals surface area contributed by atoms with Gasteiger partial charge in [-0.2, -0.15) is 0 Å². The summed E-state index contributed by atoms with van der Waals surface area (Å²) >= 11 is 0. The summed E-state index contributed by atoms with van der Waals surface area (Å²) in [6, 6.07) is 19.8. The molecule has 0 heterocycles. The van der Waals surface area contributed by atoms with Crippen molar-refractivity contribution in [3.63, 3.8) is 0 Å². The molecule has 0 aliphatic heterocycles. The van der Waals surface area contributed by atoms with Crippen LogP contribution in [-0.2, 0) is 6.42 Å². The second-order valence-electron chi connectivity index (χ2n) is 6.89. The van der Waals surface area contributed by atoms with E-state index in [1.165, 1.54) is 21.3 Å². The van der Waals surface area contributed by atoms with Crippen molar-refractivity contribution < 1.29 is 23.8 Å². The molecule has 2 amide bonds. The number of rotatable bonds is 9. The maximum absolute atomic E-state index is 13.0. The van der Waals surface area contributed by atoms with E-state index in [9.17, 15) is 9.59 Å². The van der Waals surface area contributed by atoms with Crippen molar-refractivity contribution in [2.45, 2.75) is 6.42 Å². The summed E-state index contributed by atoms with van der Waals surface area (Å²) in [7, 11) is 4.49. The molecule has 0 fully saturated rings. The summed E-state index contributed by atoms with van der Waals surface area (Å²) in [5.41, 5.74) is 2.02. The first kappa shape index (κ1) is 22.7. The van der Waals surface area contributed by atoms with E-state index >= 15 is 0 Å². The summed E-state index contributed by atoms with van der Waals surface area (Å²) in [4.78, 5) is 25.9. The van der Waals surface area contributed by atoms with Gasteiger partial charge in [-0.15, -0.1) is 0 Å². The van der Waals surface area contributed by atoms with Gasteiger partial charge in [-0.1, -0.05) is 36.4 Å². The van der Waals surface area contributed by atoms with Crippen LogP contribution in [0.3, 0.4) is 0 Å². The minimum absolute atomic E-state index is 0.287. The molecule has 0 spiro atoms. The van der Waals surface area contributed by atoms with Crippen molar-refractivity contribution in [3.8, 4) is 17.2 Å². The van der Waals surface area contributed by atoms with Crippen molar-refractivity contribution in [2.75, 3.05) is 33.2 Å². The monoisotopic (exact) mass is 434 g/mol. The van der Waals surface area contributed by atoms with Gasteiger partial charge in [0.25, 0.3) is 11.8 Å². The summed E-state index contributed by atoms with van der Waals surface area (Å²) < 4.78 is 15.9. The third kappa shape index (κ3) is 5.37. The molecular weight excluding hydrogens is 408 g/mol. The predicted octanol–water partition coefficient (Wildman–Crippen LogP) is 3.94. The predicted molar refractivity (Wildman–Crippen MR) is 123 cm³/mol. The summed E-state index contributed by atoms with van der Waals surface area (Å²) in [6.45, 7) is 0.458. The number of amides is 2. The highest BCUT2D eigenvalue weighted by Crippen LogP contribution is 2.31. The SMILES string of the molecule is COc1ccc(C(=O)Nc2c(OC)cccc2C(=O)NCCc2ccccc2)c(OC)c1. The van der Waals surface area contributed by atoms with Crippen molar-refractivity contribution in [1.29, 1.82) is 0 Å². The third-order valence-corrected chi connectivity index (χ3v) is 4.92. The van der Waals surface area contributed by atoms with Gasteiger partial charge in [0.15, 0.2) is 0 Å². The number of ether oxygens (including phenoxy) is 3. The van der Waals surface area contributed by atoms with Gasteiger partial charge in [0, 0.05) is 12.6 Å². The topological polar surface area (TPSA) is 85.9 Å². The van der Waals surface area contributed by atoms with E-state index in [1.54, 1.807) is 36.4 Å². The van der Waals surface area contributed by atoms with Crippen LogP contribution in [0.5, 0.6) is 17.2 Å². The average Bonchev–Trinajstić information content (AvgIpc) is 2.84. The Balaban J connectivity index is 1.80. The van der Waals surface area contributed by atoms with Gasteiger partial charge in [0.2, 0.25) is 0 Å². The molecule has 0 radical (unpaired) electrons. The number of anilines is 1. The quantitative estimate of drug-likeness (QED) is 0.533. The Morgan fingerprint density at radius 1 is 0.750 bits per heavy atom. The van der Waals surface area contributed by atoms with Gasteiger partial charge in [0.05, 0.1) is 38.1 Å². The summed E-state index contributed by atoms with van der Waals surface area (Å²) in [5, 5.41) is 5.70. The Morgan fingerprint density at radius 2 is 1.50 bits per heavy atom. The minimum atomic E-state index is -0.438. The maximum atomic E-state index is 13.0. The van der Waals surface area contributed by atoms with Gasteiger partial charge >= 0.3 is 0 Å². The van der Waals surface area contributed by atoms with Gasteiger partial charge in [0.1, 0.15) is 17.2 Å². The van der Waals surface area contributed by atoms with Crippen LogP contribution in [0, 0.1) is 0 Å². The van der Waals surface area contributed by atoms with Crippen LogP contribution in [0.25, 0.3) is 0 Å². The van der Waals surface area contributed by atoms with Gasteiger partial charge in [-0.05, 0) is 36.2 Å². The zero-order chi connectivity index (χ0) is 22.9. The van der Waals surface area contributed by atoms with Crippen LogP contribution in [0.2, 0.25) is 0 Å². The Morgan fingerprint density at radius 3 is 2.19 bits per heavy atom. The Kier molecular flexibility index (Phi) is 7.70. The molecule has 0 unspecified atom stereocenters. The summed E-state index contributed by atoms with van der Waals surface area (Å²) in [5.74, 6) is 0.547. The molecule has 0 bridgehead atoms. The Labute approximate surface area is 187 Å². The molecule has 32 heavy (non-hydrogen) atoms. The Hall–Kier alpha value is -4.00. The summed E-state index contributed by atoms with van der Waals surface area (Å²) in [6.07, 6.45) is 0.696. The molecule has 7 heteroatoms. The first-order chi connectivity index (χ1) is 15.6. The lowest BCUT2D eigenvalue weighted by atomic mass is 10.1. The van der Waals surface area contributed by atoms with E-state index in [-0.39, 0.29) is 11.6 Å². The second kappa shape index (κ2) is 10.9. The van der Waals surface area contributed by atoms with Crippen molar-refractivity contribution in [1.82, 2.24) is 5.32 Å². The fourth-order valence-corrected chi connectivity index (χ4v) is 3.25. The van der Waals surface area contributed by atoms with E-state index in [1.807, 2.05) is 30.3 Å². The number of para-hydroxylation sites is 1. The number of benzene rings is 3. The molecule has 2 N–H and O–H groups in total. The first-order valence-corrected chi connectivity index (χ1v) is 10.1. The molecule has 3 aromatic rings. The van der Waals surface area contributed by atoms with Gasteiger partial charge in [-0.3, -0.25) is 9.59 Å². The zero-order valence-corrected chi connectivity index (χ0v) is 18.3. The number of hydrogen-bond donors (Lipinski definition) is 2.